The third kappa shape index (κ3) is 2.50. The summed E-state index contributed by atoms with van der Waals surface area (Å²) >= 11 is 0. The van der Waals surface area contributed by atoms with Gasteiger partial charge in [0.1, 0.15) is 0 Å². The van der Waals surface area contributed by atoms with Crippen molar-refractivity contribution in [3.8, 4) is 6.01 Å². The predicted octanol–water partition coefficient (Wildman–Crippen LogP) is 1.13. The molecule has 1 aliphatic carbocycles. The lowest BCUT2D eigenvalue weighted by molar-refractivity contribution is 0.379. The highest BCUT2D eigenvalue weighted by Gasteiger charge is 2.28. The fourth-order valence-corrected chi connectivity index (χ4v) is 1.54. The Morgan fingerprint density at radius 3 is 2.50 bits per heavy atom. The Balaban J connectivity index is 2.11. The Morgan fingerprint density at radius 1 is 1.25 bits per heavy atom. The first-order chi connectivity index (χ1) is 7.72. The average Bonchev–Trinajstić information content (AvgIpc) is 3.12. The molecule has 0 radical (unpaired) electrons. The van der Waals surface area contributed by atoms with Gasteiger partial charge in [0.2, 0.25) is 11.9 Å². The first-order valence-corrected chi connectivity index (χ1v) is 5.47. The normalized spacial score (nSPS) is 16.7. The van der Waals surface area contributed by atoms with Crippen LogP contribution in [0.5, 0.6) is 6.01 Å². The number of anilines is 2. The van der Waals surface area contributed by atoms with Crippen LogP contribution in [0, 0.1) is 5.92 Å². The molecule has 2 N–H and O–H groups in total. The molecule has 1 aromatic rings. The second-order valence-electron chi connectivity index (χ2n) is 3.99. The van der Waals surface area contributed by atoms with Gasteiger partial charge in [-0.1, -0.05) is 0 Å². The first-order valence-electron chi connectivity index (χ1n) is 5.47. The second kappa shape index (κ2) is 4.51. The number of methoxy groups -OCH3 is 1. The fourth-order valence-electron chi connectivity index (χ4n) is 1.54. The standard InChI is InChI=1S/C10H17N5O/c1-6(7-4-5-7)12-9-13-8(11-2)14-10(15-9)16-3/h6-7H,4-5H2,1-3H3,(H2,11,12,13,14,15). The summed E-state index contributed by atoms with van der Waals surface area (Å²) in [5.41, 5.74) is 0. The van der Waals surface area contributed by atoms with Gasteiger partial charge in [-0.2, -0.15) is 15.0 Å². The number of rotatable bonds is 5. The summed E-state index contributed by atoms with van der Waals surface area (Å²) in [4.78, 5) is 12.4. The third-order valence-corrected chi connectivity index (χ3v) is 2.71. The Bertz CT molecular complexity index is 344. The highest BCUT2D eigenvalue weighted by atomic mass is 16.5. The lowest BCUT2D eigenvalue weighted by Gasteiger charge is -2.13. The van der Waals surface area contributed by atoms with Crippen molar-refractivity contribution in [3.63, 3.8) is 0 Å². The molecule has 0 amide bonds. The molecule has 2 rings (SSSR count). The van der Waals surface area contributed by atoms with Gasteiger partial charge in [-0.25, -0.2) is 0 Å². The maximum atomic E-state index is 5.01. The van der Waals surface area contributed by atoms with Crippen molar-refractivity contribution < 1.29 is 4.74 Å². The number of ether oxygens (including phenoxy) is 1. The molecule has 0 aliphatic heterocycles. The van der Waals surface area contributed by atoms with Gasteiger partial charge in [0.15, 0.2) is 0 Å². The van der Waals surface area contributed by atoms with Crippen molar-refractivity contribution in [1.82, 2.24) is 15.0 Å². The van der Waals surface area contributed by atoms with Gasteiger partial charge < -0.3 is 15.4 Å². The molecule has 0 aromatic carbocycles. The van der Waals surface area contributed by atoms with Crippen molar-refractivity contribution in [2.45, 2.75) is 25.8 Å². The molecule has 0 saturated heterocycles. The zero-order chi connectivity index (χ0) is 11.5. The maximum absolute atomic E-state index is 5.01. The van der Waals surface area contributed by atoms with Gasteiger partial charge in [0, 0.05) is 13.1 Å². The summed E-state index contributed by atoms with van der Waals surface area (Å²) in [6.45, 7) is 2.15. The number of nitrogens with zero attached hydrogens (tertiary/aromatic N) is 3. The molecule has 1 heterocycles. The van der Waals surface area contributed by atoms with Crippen LogP contribution in [0.4, 0.5) is 11.9 Å². The molecular weight excluding hydrogens is 206 g/mol. The van der Waals surface area contributed by atoms with Crippen molar-refractivity contribution in [2.75, 3.05) is 24.8 Å². The molecule has 1 aromatic heterocycles. The Hall–Kier alpha value is -1.59. The molecule has 16 heavy (non-hydrogen) atoms. The van der Waals surface area contributed by atoms with Gasteiger partial charge >= 0.3 is 6.01 Å². The quantitative estimate of drug-likeness (QED) is 0.779. The van der Waals surface area contributed by atoms with E-state index >= 15 is 0 Å². The highest BCUT2D eigenvalue weighted by molar-refractivity contribution is 5.36. The molecule has 1 unspecified atom stereocenters. The number of hydrogen-bond donors (Lipinski definition) is 2. The molecule has 0 spiro atoms. The number of aromatic nitrogens is 3. The molecule has 88 valence electrons. The minimum atomic E-state index is 0.324. The van der Waals surface area contributed by atoms with Crippen molar-refractivity contribution in [1.29, 1.82) is 0 Å². The Kier molecular flexibility index (Phi) is 3.07. The van der Waals surface area contributed by atoms with E-state index in [2.05, 4.69) is 32.5 Å². The van der Waals surface area contributed by atoms with E-state index in [0.717, 1.165) is 5.92 Å². The monoisotopic (exact) mass is 223 g/mol. The first kappa shape index (κ1) is 10.9. The second-order valence-corrected chi connectivity index (χ2v) is 3.99. The van der Waals surface area contributed by atoms with Crippen LogP contribution in [0.1, 0.15) is 19.8 Å². The topological polar surface area (TPSA) is 72.0 Å². The van der Waals surface area contributed by atoms with E-state index in [1.165, 1.54) is 12.8 Å². The van der Waals surface area contributed by atoms with Crippen LogP contribution in [0.15, 0.2) is 0 Å². The van der Waals surface area contributed by atoms with Gasteiger partial charge in [-0.05, 0) is 25.7 Å². The van der Waals surface area contributed by atoms with Crippen molar-refractivity contribution in [2.24, 2.45) is 5.92 Å². The Morgan fingerprint density at radius 2 is 1.94 bits per heavy atom. The average molecular weight is 223 g/mol. The molecule has 6 heteroatoms. The Labute approximate surface area is 94.9 Å². The van der Waals surface area contributed by atoms with Crippen LogP contribution in [0.25, 0.3) is 0 Å². The van der Waals surface area contributed by atoms with Crippen LogP contribution in [0.3, 0.4) is 0 Å². The minimum Gasteiger partial charge on any atom is -0.467 e. The zero-order valence-electron chi connectivity index (χ0n) is 9.82. The van der Waals surface area contributed by atoms with Gasteiger partial charge in [0.05, 0.1) is 7.11 Å². The van der Waals surface area contributed by atoms with Crippen LogP contribution < -0.4 is 15.4 Å². The van der Waals surface area contributed by atoms with E-state index in [1.807, 2.05) is 0 Å². The zero-order valence-corrected chi connectivity index (χ0v) is 9.82. The smallest absolute Gasteiger partial charge is 0.322 e. The van der Waals surface area contributed by atoms with Crippen LogP contribution in [-0.2, 0) is 0 Å². The van der Waals surface area contributed by atoms with Crippen LogP contribution in [0.2, 0.25) is 0 Å². The molecular formula is C10H17N5O. The largest absolute Gasteiger partial charge is 0.467 e. The summed E-state index contributed by atoms with van der Waals surface area (Å²) in [5, 5.41) is 6.15. The van der Waals surface area contributed by atoms with E-state index in [4.69, 9.17) is 4.74 Å². The van der Waals surface area contributed by atoms with E-state index < -0.39 is 0 Å². The van der Waals surface area contributed by atoms with Gasteiger partial charge in [-0.15, -0.1) is 0 Å². The van der Waals surface area contributed by atoms with E-state index in [0.29, 0.717) is 23.9 Å². The molecule has 6 nitrogen and oxygen atoms in total. The summed E-state index contributed by atoms with van der Waals surface area (Å²) in [6, 6.07) is 0.724. The van der Waals surface area contributed by atoms with E-state index in [-0.39, 0.29) is 0 Å². The summed E-state index contributed by atoms with van der Waals surface area (Å²) < 4.78 is 5.01. The number of hydrogen-bond acceptors (Lipinski definition) is 6. The van der Waals surface area contributed by atoms with Crippen LogP contribution >= 0.6 is 0 Å². The predicted molar refractivity (Wildman–Crippen MR) is 61.7 cm³/mol. The fraction of sp³-hybridized carbons (Fsp3) is 0.700. The molecule has 1 fully saturated rings. The number of nitrogens with one attached hydrogen (secondary N) is 2. The van der Waals surface area contributed by atoms with Crippen LogP contribution in [-0.4, -0.2) is 35.2 Å². The molecule has 1 saturated carbocycles. The summed E-state index contributed by atoms with van der Waals surface area (Å²) in [5.74, 6) is 1.83. The molecule has 1 atom stereocenters. The van der Waals surface area contributed by atoms with E-state index in [9.17, 15) is 0 Å². The van der Waals surface area contributed by atoms with Gasteiger partial charge in [0.25, 0.3) is 0 Å². The van der Waals surface area contributed by atoms with E-state index in [1.54, 1.807) is 14.2 Å². The third-order valence-electron chi connectivity index (χ3n) is 2.71. The summed E-state index contributed by atoms with van der Waals surface area (Å²) in [7, 11) is 3.31. The SMILES string of the molecule is CNc1nc(NC(C)C2CC2)nc(OC)n1. The van der Waals surface area contributed by atoms with Crippen molar-refractivity contribution >= 4 is 11.9 Å². The molecule has 1 aliphatic rings. The summed E-state index contributed by atoms with van der Waals surface area (Å²) in [6.07, 6.45) is 2.57. The van der Waals surface area contributed by atoms with Crippen molar-refractivity contribution in [3.05, 3.63) is 0 Å². The highest BCUT2D eigenvalue weighted by Crippen LogP contribution is 2.33. The molecule has 0 bridgehead atoms. The maximum Gasteiger partial charge on any atom is 0.322 e. The lowest BCUT2D eigenvalue weighted by atomic mass is 10.2. The lowest BCUT2D eigenvalue weighted by Crippen LogP contribution is -2.20. The van der Waals surface area contributed by atoms with Gasteiger partial charge in [-0.3, -0.25) is 0 Å². The minimum absolute atomic E-state index is 0.324.